The van der Waals surface area contributed by atoms with Gasteiger partial charge in [-0.2, -0.15) is 0 Å². The number of fused-ring (bicyclic) bond motifs is 12. The summed E-state index contributed by atoms with van der Waals surface area (Å²) in [5.74, 6) is 15.4. The van der Waals surface area contributed by atoms with Gasteiger partial charge in [0.2, 0.25) is 0 Å². The van der Waals surface area contributed by atoms with Crippen LogP contribution in [0, 0.1) is 11.8 Å². The molecule has 0 amide bonds. The molecular weight excluding hydrogens is 1340 g/mol. The van der Waals surface area contributed by atoms with Gasteiger partial charge >= 0.3 is 0 Å². The van der Waals surface area contributed by atoms with Crippen molar-refractivity contribution < 1.29 is 47.4 Å². The first-order valence-electron chi connectivity index (χ1n) is 44.2. The minimum Gasteiger partial charge on any atom is -0.492 e. The third-order valence-electron chi connectivity index (χ3n) is 21.2. The van der Waals surface area contributed by atoms with Crippen molar-refractivity contribution >= 4 is 64.6 Å². The van der Waals surface area contributed by atoms with Crippen LogP contribution in [0.4, 0.5) is 0 Å². The highest BCUT2D eigenvalue weighted by atomic mass is 16.5. The molecule has 0 aromatic heterocycles. The third kappa shape index (κ3) is 26.8. The highest BCUT2D eigenvalue weighted by Crippen LogP contribution is 2.49. The maximum absolute atomic E-state index is 7.18. The normalized spacial score (nSPS) is 11.5. The predicted octanol–water partition coefficient (Wildman–Crippen LogP) is 29.6. The van der Waals surface area contributed by atoms with E-state index in [1.165, 1.54) is 96.3 Å². The Morgan fingerprint density at radius 1 is 0.148 bits per heavy atom. The zero-order valence-corrected chi connectivity index (χ0v) is 69.4. The first kappa shape index (κ1) is 86.5. The Bertz CT molecular complexity index is 3870. The Kier molecular flexibility index (Phi) is 40.5. The Labute approximate surface area is 653 Å². The minimum absolute atomic E-state index is 0.557. The number of rotatable bonds is 60. The molecule has 0 aliphatic heterocycles. The summed E-state index contributed by atoms with van der Waals surface area (Å²) in [5.41, 5.74) is 1.60. The topological polar surface area (TPSA) is 92.3 Å². The summed E-state index contributed by atoms with van der Waals surface area (Å²) in [6, 6.07) is 27.1. The molecule has 0 saturated carbocycles. The number of ether oxygens (including phenoxy) is 10. The highest BCUT2D eigenvalue weighted by Gasteiger charge is 2.24. The summed E-state index contributed by atoms with van der Waals surface area (Å²) in [6.45, 7) is 28.6. The molecule has 0 heterocycles. The average Bonchev–Trinajstić information content (AvgIpc) is 0.732. The van der Waals surface area contributed by atoms with Crippen LogP contribution in [-0.4, -0.2) is 66.1 Å². The molecule has 0 radical (unpaired) electrons. The number of hydrogen-bond donors (Lipinski definition) is 0. The molecule has 594 valence electrons. The van der Waals surface area contributed by atoms with E-state index in [-0.39, 0.29) is 0 Å². The van der Waals surface area contributed by atoms with Gasteiger partial charge in [-0.25, -0.2) is 0 Å². The van der Waals surface area contributed by atoms with Gasteiger partial charge < -0.3 is 47.4 Å². The number of benzene rings is 8. The molecule has 0 aliphatic carbocycles. The molecule has 108 heavy (non-hydrogen) atoms. The monoisotopic (exact) mass is 1480 g/mol. The lowest BCUT2D eigenvalue weighted by Gasteiger charge is -2.20. The van der Waals surface area contributed by atoms with Crippen LogP contribution in [0.2, 0.25) is 0 Å². The van der Waals surface area contributed by atoms with E-state index in [9.17, 15) is 0 Å². The molecule has 0 N–H and O–H groups in total. The van der Waals surface area contributed by atoms with E-state index in [0.717, 1.165) is 294 Å². The van der Waals surface area contributed by atoms with Gasteiger partial charge in [0.1, 0.15) is 11.5 Å². The van der Waals surface area contributed by atoms with E-state index in [2.05, 4.69) is 154 Å². The second-order valence-electron chi connectivity index (χ2n) is 30.5. The summed E-state index contributed by atoms with van der Waals surface area (Å²) in [4.78, 5) is 0. The second-order valence-corrected chi connectivity index (χ2v) is 30.5. The lowest BCUT2D eigenvalue weighted by molar-refractivity contribution is 0.259. The number of hydrogen-bond acceptors (Lipinski definition) is 10. The molecule has 8 rings (SSSR count). The Morgan fingerprint density at radius 3 is 0.435 bits per heavy atom. The minimum atomic E-state index is 0.557. The van der Waals surface area contributed by atoms with Crippen LogP contribution in [0.1, 0.15) is 337 Å². The van der Waals surface area contributed by atoms with Crippen molar-refractivity contribution in [2.75, 3.05) is 66.1 Å². The highest BCUT2D eigenvalue weighted by molar-refractivity contribution is 6.28. The first-order chi connectivity index (χ1) is 53.3. The van der Waals surface area contributed by atoms with Crippen molar-refractivity contribution in [3.05, 3.63) is 83.9 Å². The predicted molar refractivity (Wildman–Crippen MR) is 460 cm³/mol. The smallest absolute Gasteiger partial charge is 0.161 e. The summed E-state index contributed by atoms with van der Waals surface area (Å²) in [7, 11) is 0. The van der Waals surface area contributed by atoms with E-state index in [1.807, 2.05) is 0 Å². The van der Waals surface area contributed by atoms with Gasteiger partial charge in [0.25, 0.3) is 0 Å². The van der Waals surface area contributed by atoms with Gasteiger partial charge in [0.05, 0.1) is 77.2 Å². The average molecular weight is 1480 g/mol. The maximum Gasteiger partial charge on any atom is 0.161 e. The van der Waals surface area contributed by atoms with E-state index < -0.39 is 0 Å². The van der Waals surface area contributed by atoms with Crippen molar-refractivity contribution in [1.29, 1.82) is 0 Å². The van der Waals surface area contributed by atoms with Gasteiger partial charge in [0, 0.05) is 0 Å². The lowest BCUT2D eigenvalue weighted by atomic mass is 9.91. The van der Waals surface area contributed by atoms with E-state index in [4.69, 9.17) is 47.4 Å². The molecule has 8 aromatic carbocycles. The van der Waals surface area contributed by atoms with Gasteiger partial charge in [-0.1, -0.05) is 274 Å². The Morgan fingerprint density at radius 2 is 0.269 bits per heavy atom. The zero-order chi connectivity index (χ0) is 76.2. The quantitative estimate of drug-likeness (QED) is 0.0208. The summed E-state index contributed by atoms with van der Waals surface area (Å²) in [5, 5.41) is 12.7. The van der Waals surface area contributed by atoms with Crippen molar-refractivity contribution in [2.45, 2.75) is 326 Å². The molecule has 0 bridgehead atoms. The molecule has 0 atom stereocenters. The van der Waals surface area contributed by atoms with Crippen LogP contribution in [-0.2, 0) is 0 Å². The van der Waals surface area contributed by atoms with Crippen molar-refractivity contribution in [3.63, 3.8) is 0 Å². The fraction of sp³-hybridized carbons (Fsp3) is 0.612. The van der Waals surface area contributed by atoms with Gasteiger partial charge in [-0.15, -0.1) is 0 Å². The molecule has 0 spiro atoms. The van der Waals surface area contributed by atoms with Gasteiger partial charge in [0.15, 0.2) is 46.0 Å². The third-order valence-corrected chi connectivity index (χ3v) is 21.2. The van der Waals surface area contributed by atoms with Gasteiger partial charge in [-0.05, 0) is 202 Å². The molecule has 0 aliphatic rings. The van der Waals surface area contributed by atoms with Crippen LogP contribution >= 0.6 is 0 Å². The van der Waals surface area contributed by atoms with Crippen molar-refractivity contribution in [1.82, 2.24) is 0 Å². The SMILES string of the molecule is CCCCCCCOc1cc2c(cc1C#Cc1cc3c(cc1OCCCCC)c1cc(OCCCCC)c(OCCCCC)cc1c1cc(OCCCCC)c(OCCCCC)cc31)c1cc(OCCCCCCC)c(OCCCCCCC)cc1c1cc(OCCCCCCC)c(OCCCCCCC)cc21. The van der Waals surface area contributed by atoms with E-state index >= 15 is 0 Å². The first-order valence-corrected chi connectivity index (χ1v) is 44.2. The summed E-state index contributed by atoms with van der Waals surface area (Å²) >= 11 is 0. The van der Waals surface area contributed by atoms with Crippen LogP contribution in [0.3, 0.4) is 0 Å². The largest absolute Gasteiger partial charge is 0.492 e. The van der Waals surface area contributed by atoms with Crippen LogP contribution in [0.25, 0.3) is 64.6 Å². The summed E-state index contributed by atoms with van der Waals surface area (Å²) in [6.07, 6.45) is 44.3. The molecule has 0 saturated heterocycles. The molecule has 0 fully saturated rings. The van der Waals surface area contributed by atoms with Crippen molar-refractivity contribution in [2.24, 2.45) is 0 Å². The van der Waals surface area contributed by atoms with E-state index in [1.54, 1.807) is 0 Å². The van der Waals surface area contributed by atoms with Crippen LogP contribution in [0.5, 0.6) is 57.5 Å². The standard InChI is InChI=1S/C98H142O10/c1-11-21-31-36-46-58-100-90-66-80-78(82-68-92(105-59-47-37-32-22-12-2)97(107-61-49-39-34-24-14-4)72-86(82)88-74-98(108-62-50-40-35-25-15-5)96(70-84(80)88)106-60-48-38-33-23-13-3)64-76(90)52-51-75-63-77-79(65-89(75)99-53-41-26-16-6)83-69-93(102-55-43-28-18-8)95(104-57-45-30-20-10)73-87(83)85-71-94(103-56-44-29-19-9)91(67-81(77)85)101-54-42-27-17-7/h63-74H,11-50,53-62H2,1-10H3. The zero-order valence-electron chi connectivity index (χ0n) is 69.4. The Hall–Kier alpha value is -7.12. The lowest BCUT2D eigenvalue weighted by Crippen LogP contribution is -2.04. The Balaban J connectivity index is 1.44. The van der Waals surface area contributed by atoms with Gasteiger partial charge in [-0.3, -0.25) is 0 Å². The molecule has 10 heteroatoms. The summed E-state index contributed by atoms with van der Waals surface area (Å²) < 4.78 is 69.3. The second kappa shape index (κ2) is 50.6. The van der Waals surface area contributed by atoms with Crippen molar-refractivity contribution in [3.8, 4) is 69.3 Å². The van der Waals surface area contributed by atoms with E-state index in [0.29, 0.717) is 66.1 Å². The fourth-order valence-corrected chi connectivity index (χ4v) is 14.7. The molecule has 8 aromatic rings. The molecular formula is C98H142O10. The van der Waals surface area contributed by atoms with Crippen LogP contribution in [0.15, 0.2) is 72.8 Å². The molecule has 10 nitrogen and oxygen atoms in total. The maximum atomic E-state index is 7.18. The van der Waals surface area contributed by atoms with Crippen LogP contribution < -0.4 is 47.4 Å². The fourth-order valence-electron chi connectivity index (χ4n) is 14.7. The molecule has 0 unspecified atom stereocenters. The number of unbranched alkanes of at least 4 members (excludes halogenated alkanes) is 30.